The minimum absolute atomic E-state index is 0.260. The quantitative estimate of drug-likeness (QED) is 0.488. The van der Waals surface area contributed by atoms with Gasteiger partial charge in [-0.2, -0.15) is 8.78 Å². The van der Waals surface area contributed by atoms with Crippen molar-refractivity contribution in [3.63, 3.8) is 0 Å². The fraction of sp³-hybridized carbons (Fsp3) is 0. The number of ether oxygens (including phenoxy) is 1. The molecule has 0 bridgehead atoms. The van der Waals surface area contributed by atoms with Crippen LogP contribution in [0.3, 0.4) is 0 Å². The molecule has 1 heterocycles. The number of hydrogen-bond donors (Lipinski definition) is 0. The van der Waals surface area contributed by atoms with Gasteiger partial charge in [-0.1, -0.05) is 6.58 Å². The second-order valence-corrected chi connectivity index (χ2v) is 1.57. The van der Waals surface area contributed by atoms with E-state index in [1.165, 1.54) is 0 Å². The first-order chi connectivity index (χ1) is 4.18. The molecule has 0 unspecified atom stereocenters. The molecule has 0 aromatic heterocycles. The number of hydrogen-bond acceptors (Lipinski definition) is 1. The zero-order valence-electron chi connectivity index (χ0n) is 4.53. The van der Waals surface area contributed by atoms with E-state index in [1.54, 1.807) is 0 Å². The predicted molar refractivity (Wildman–Crippen MR) is 28.6 cm³/mol. The number of allylic oxidation sites excluding steroid dienone is 3. The predicted octanol–water partition coefficient (Wildman–Crippen LogP) is 2.19. The molecule has 1 rings (SSSR count). The first-order valence-corrected chi connectivity index (χ1v) is 2.29. The lowest BCUT2D eigenvalue weighted by Gasteiger charge is -2.03. The fourth-order valence-corrected chi connectivity index (χ4v) is 0.485. The van der Waals surface area contributed by atoms with Gasteiger partial charge in [-0.05, 0) is 5.57 Å². The molecule has 0 N–H and O–H groups in total. The van der Waals surface area contributed by atoms with Crippen molar-refractivity contribution in [3.05, 3.63) is 36.3 Å². The van der Waals surface area contributed by atoms with Gasteiger partial charge < -0.3 is 4.74 Å². The molecule has 0 spiro atoms. The highest BCUT2D eigenvalue weighted by atomic mass is 19.2. The van der Waals surface area contributed by atoms with Gasteiger partial charge in [-0.25, -0.2) is 0 Å². The molecule has 1 aliphatic rings. The summed E-state index contributed by atoms with van der Waals surface area (Å²) in [7, 11) is 0. The third-order valence-electron chi connectivity index (χ3n) is 0.793. The van der Waals surface area contributed by atoms with Crippen molar-refractivity contribution in [2.75, 3.05) is 0 Å². The van der Waals surface area contributed by atoms with Gasteiger partial charge in [0.1, 0.15) is 0 Å². The van der Waals surface area contributed by atoms with Crippen LogP contribution in [-0.2, 0) is 4.74 Å². The molecule has 9 heavy (non-hydrogen) atoms. The fourth-order valence-electron chi connectivity index (χ4n) is 0.485. The highest BCUT2D eigenvalue weighted by Gasteiger charge is 2.07. The molecule has 1 nitrogen and oxygen atoms in total. The van der Waals surface area contributed by atoms with Gasteiger partial charge in [0.2, 0.25) is 0 Å². The van der Waals surface area contributed by atoms with Crippen LogP contribution in [0.4, 0.5) is 8.78 Å². The van der Waals surface area contributed by atoms with Crippen LogP contribution in [0.1, 0.15) is 0 Å². The van der Waals surface area contributed by atoms with Crippen LogP contribution in [0.25, 0.3) is 0 Å². The molecule has 48 valence electrons. The molecule has 0 amide bonds. The van der Waals surface area contributed by atoms with Crippen LogP contribution < -0.4 is 0 Å². The van der Waals surface area contributed by atoms with Crippen molar-refractivity contribution < 1.29 is 13.5 Å². The Labute approximate surface area is 50.9 Å². The lowest BCUT2D eigenvalue weighted by atomic mass is 10.3. The second kappa shape index (κ2) is 2.01. The van der Waals surface area contributed by atoms with E-state index in [-0.39, 0.29) is 5.57 Å². The third-order valence-corrected chi connectivity index (χ3v) is 0.793. The number of rotatable bonds is 0. The lowest BCUT2D eigenvalue weighted by molar-refractivity contribution is 0.151. The minimum atomic E-state index is -0.958. The first-order valence-electron chi connectivity index (χ1n) is 2.29. The van der Waals surface area contributed by atoms with Crippen molar-refractivity contribution >= 4 is 0 Å². The maximum absolute atomic E-state index is 12.0. The van der Waals surface area contributed by atoms with Crippen LogP contribution in [0.5, 0.6) is 0 Å². The Bertz CT molecular complexity index is 183. The van der Waals surface area contributed by atoms with E-state index >= 15 is 0 Å². The summed E-state index contributed by atoms with van der Waals surface area (Å²) in [4.78, 5) is 0. The SMILES string of the molecule is C=C1C=C(F)OC(F)=C1. The van der Waals surface area contributed by atoms with E-state index in [0.29, 0.717) is 0 Å². The highest BCUT2D eigenvalue weighted by molar-refractivity contribution is 5.31. The van der Waals surface area contributed by atoms with Gasteiger partial charge in [-0.3, -0.25) is 0 Å². The van der Waals surface area contributed by atoms with Gasteiger partial charge in [0.15, 0.2) is 0 Å². The van der Waals surface area contributed by atoms with E-state index in [4.69, 9.17) is 0 Å². The topological polar surface area (TPSA) is 9.23 Å². The summed E-state index contributed by atoms with van der Waals surface area (Å²) < 4.78 is 27.8. The smallest absolute Gasteiger partial charge is 0.280 e. The normalized spacial score (nSPS) is 18.2. The average Bonchev–Trinajstić information content (AvgIpc) is 1.59. The molecule has 0 radical (unpaired) electrons. The van der Waals surface area contributed by atoms with E-state index in [0.717, 1.165) is 12.2 Å². The first kappa shape index (κ1) is 6.01. The average molecular weight is 130 g/mol. The zero-order chi connectivity index (χ0) is 6.85. The molecule has 3 heteroatoms. The standard InChI is InChI=1S/C6H4F2O/c1-4-2-5(7)9-6(8)3-4/h2-3H,1H2. The molecule has 0 aromatic carbocycles. The summed E-state index contributed by atoms with van der Waals surface area (Å²) in [6, 6.07) is -1.92. The molecular formula is C6H4F2O. The molecule has 0 aliphatic carbocycles. The Morgan fingerprint density at radius 1 is 1.22 bits per heavy atom. The molecular weight excluding hydrogens is 126 g/mol. The van der Waals surface area contributed by atoms with Crippen LogP contribution >= 0.6 is 0 Å². The van der Waals surface area contributed by atoms with Gasteiger partial charge in [-0.15, -0.1) is 0 Å². The van der Waals surface area contributed by atoms with Crippen molar-refractivity contribution in [1.29, 1.82) is 0 Å². The monoisotopic (exact) mass is 130 g/mol. The van der Waals surface area contributed by atoms with Crippen LogP contribution in [0, 0.1) is 0 Å². The van der Waals surface area contributed by atoms with Crippen molar-refractivity contribution in [3.8, 4) is 0 Å². The number of halogens is 2. The van der Waals surface area contributed by atoms with E-state index in [9.17, 15) is 8.78 Å². The van der Waals surface area contributed by atoms with Crippen LogP contribution in [0.2, 0.25) is 0 Å². The van der Waals surface area contributed by atoms with Gasteiger partial charge in [0.25, 0.3) is 12.0 Å². The Morgan fingerprint density at radius 2 is 1.67 bits per heavy atom. The maximum Gasteiger partial charge on any atom is 0.280 e. The van der Waals surface area contributed by atoms with Crippen LogP contribution in [0.15, 0.2) is 36.3 Å². The maximum atomic E-state index is 12.0. The highest BCUT2D eigenvalue weighted by Crippen LogP contribution is 2.18. The molecule has 0 aromatic rings. The Hall–Kier alpha value is -1.12. The summed E-state index contributed by atoms with van der Waals surface area (Å²) in [6.45, 7) is 3.30. The summed E-state index contributed by atoms with van der Waals surface area (Å²) in [6.07, 6.45) is 2.01. The molecule has 1 aliphatic heterocycles. The van der Waals surface area contributed by atoms with E-state index < -0.39 is 12.0 Å². The summed E-state index contributed by atoms with van der Waals surface area (Å²) >= 11 is 0. The minimum Gasteiger partial charge on any atom is -0.404 e. The lowest BCUT2D eigenvalue weighted by Crippen LogP contribution is -1.90. The third kappa shape index (κ3) is 1.38. The van der Waals surface area contributed by atoms with Crippen molar-refractivity contribution in [2.45, 2.75) is 0 Å². The zero-order valence-corrected chi connectivity index (χ0v) is 4.53. The molecule has 0 saturated carbocycles. The van der Waals surface area contributed by atoms with Gasteiger partial charge in [0, 0.05) is 12.2 Å². The summed E-state index contributed by atoms with van der Waals surface area (Å²) in [5.74, 6) is 0. The van der Waals surface area contributed by atoms with E-state index in [2.05, 4.69) is 11.3 Å². The molecule has 0 saturated heterocycles. The van der Waals surface area contributed by atoms with Crippen molar-refractivity contribution in [2.24, 2.45) is 0 Å². The second-order valence-electron chi connectivity index (χ2n) is 1.57. The van der Waals surface area contributed by atoms with Gasteiger partial charge in [0.05, 0.1) is 0 Å². The largest absolute Gasteiger partial charge is 0.404 e. The van der Waals surface area contributed by atoms with Gasteiger partial charge >= 0.3 is 0 Å². The Morgan fingerprint density at radius 3 is 2.00 bits per heavy atom. The molecule has 0 atom stereocenters. The van der Waals surface area contributed by atoms with Crippen LogP contribution in [-0.4, -0.2) is 0 Å². The summed E-state index contributed by atoms with van der Waals surface area (Å²) in [5.41, 5.74) is 0.260. The Kier molecular flexibility index (Phi) is 1.34. The summed E-state index contributed by atoms with van der Waals surface area (Å²) in [5, 5.41) is 0. The van der Waals surface area contributed by atoms with Crippen molar-refractivity contribution in [1.82, 2.24) is 0 Å². The Balaban J connectivity index is 2.81. The van der Waals surface area contributed by atoms with E-state index in [1.807, 2.05) is 0 Å². The molecule has 0 fully saturated rings.